The van der Waals surface area contributed by atoms with Gasteiger partial charge in [0.25, 0.3) is 0 Å². The second-order valence-corrected chi connectivity index (χ2v) is 7.13. The van der Waals surface area contributed by atoms with Crippen molar-refractivity contribution in [3.63, 3.8) is 0 Å². The highest BCUT2D eigenvalue weighted by atomic mass is 15.0. The molecular weight excluding hydrogens is 306 g/mol. The highest BCUT2D eigenvalue weighted by Gasteiger charge is 2.15. The summed E-state index contributed by atoms with van der Waals surface area (Å²) >= 11 is 0. The zero-order valence-corrected chi connectivity index (χ0v) is 15.9. The Morgan fingerprint density at radius 3 is 1.44 bits per heavy atom. The van der Waals surface area contributed by atoms with Crippen LogP contribution in [-0.2, 0) is 0 Å². The molecule has 0 atom stereocenters. The van der Waals surface area contributed by atoms with Crippen LogP contribution >= 0.6 is 0 Å². The Morgan fingerprint density at radius 1 is 0.640 bits per heavy atom. The maximum atomic E-state index is 4.82. The molecule has 0 aliphatic carbocycles. The minimum absolute atomic E-state index is 0.247. The zero-order chi connectivity index (χ0) is 18.1. The van der Waals surface area contributed by atoms with E-state index in [0.717, 1.165) is 28.6 Å². The van der Waals surface area contributed by atoms with Gasteiger partial charge in [-0.25, -0.2) is 15.0 Å². The predicted molar refractivity (Wildman–Crippen MR) is 104 cm³/mol. The van der Waals surface area contributed by atoms with E-state index in [4.69, 9.17) is 15.0 Å². The lowest BCUT2D eigenvalue weighted by Crippen LogP contribution is -2.05. The Bertz CT molecular complexity index is 857. The minimum atomic E-state index is 0.247. The number of hydrogen-bond acceptors (Lipinski definition) is 3. The molecule has 2 aromatic carbocycles. The van der Waals surface area contributed by atoms with Crippen LogP contribution < -0.4 is 0 Å². The van der Waals surface area contributed by atoms with Gasteiger partial charge in [0.15, 0.2) is 11.6 Å². The van der Waals surface area contributed by atoms with Crippen LogP contribution in [0, 0.1) is 27.7 Å². The largest absolute Gasteiger partial charge is 0.213 e. The first kappa shape index (κ1) is 17.3. The summed E-state index contributed by atoms with van der Waals surface area (Å²) in [4.78, 5) is 14.3. The molecule has 0 saturated heterocycles. The quantitative estimate of drug-likeness (QED) is 0.630. The Morgan fingerprint density at radius 2 is 1.08 bits per heavy atom. The summed E-state index contributed by atoms with van der Waals surface area (Å²) in [6, 6.07) is 12.8. The summed E-state index contributed by atoms with van der Waals surface area (Å²) in [5, 5.41) is 0. The third-order valence-corrected chi connectivity index (χ3v) is 4.41. The fourth-order valence-corrected chi connectivity index (χ4v) is 3.02. The maximum absolute atomic E-state index is 4.82. The maximum Gasteiger partial charge on any atom is 0.163 e. The summed E-state index contributed by atoms with van der Waals surface area (Å²) in [5.74, 6) is 2.59. The van der Waals surface area contributed by atoms with Gasteiger partial charge in [0.1, 0.15) is 5.82 Å². The molecule has 0 saturated carbocycles. The summed E-state index contributed by atoms with van der Waals surface area (Å²) in [7, 11) is 0. The molecule has 1 heterocycles. The number of rotatable bonds is 3. The molecule has 3 heteroatoms. The van der Waals surface area contributed by atoms with Crippen LogP contribution in [-0.4, -0.2) is 15.0 Å². The van der Waals surface area contributed by atoms with Crippen molar-refractivity contribution in [1.82, 2.24) is 15.0 Å². The molecule has 0 bridgehead atoms. The minimum Gasteiger partial charge on any atom is -0.213 e. The highest BCUT2D eigenvalue weighted by molar-refractivity contribution is 5.66. The van der Waals surface area contributed by atoms with Gasteiger partial charge in [-0.3, -0.25) is 0 Å². The van der Waals surface area contributed by atoms with Crippen molar-refractivity contribution in [2.75, 3.05) is 0 Å². The van der Waals surface area contributed by atoms with Crippen LogP contribution in [0.1, 0.15) is 47.8 Å². The molecule has 0 aliphatic heterocycles. The summed E-state index contributed by atoms with van der Waals surface area (Å²) in [6.45, 7) is 12.7. The van der Waals surface area contributed by atoms with Gasteiger partial charge in [0.2, 0.25) is 0 Å². The molecule has 3 aromatic rings. The molecule has 25 heavy (non-hydrogen) atoms. The summed E-state index contributed by atoms with van der Waals surface area (Å²) < 4.78 is 0. The van der Waals surface area contributed by atoms with E-state index in [1.807, 2.05) is 0 Å². The third kappa shape index (κ3) is 3.60. The first-order chi connectivity index (χ1) is 11.8. The number of aromatic nitrogens is 3. The van der Waals surface area contributed by atoms with Crippen molar-refractivity contribution in [3.05, 3.63) is 64.5 Å². The Labute approximate surface area is 150 Å². The average Bonchev–Trinajstić information content (AvgIpc) is 2.54. The smallest absolute Gasteiger partial charge is 0.163 e. The van der Waals surface area contributed by atoms with Gasteiger partial charge in [-0.2, -0.15) is 0 Å². The standard InChI is InChI=1S/C22H25N3/c1-13(2)20-23-21(18-9-7-14(3)11-16(18)5)25-22(24-20)19-10-8-15(4)12-17(19)6/h7-13H,1-6H3. The average molecular weight is 331 g/mol. The predicted octanol–water partition coefficient (Wildman–Crippen LogP) is 5.56. The number of aryl methyl sites for hydroxylation is 4. The fourth-order valence-electron chi connectivity index (χ4n) is 3.02. The number of benzene rings is 2. The lowest BCUT2D eigenvalue weighted by Gasteiger charge is -2.13. The van der Waals surface area contributed by atoms with E-state index >= 15 is 0 Å². The second-order valence-electron chi connectivity index (χ2n) is 7.13. The topological polar surface area (TPSA) is 38.7 Å². The molecule has 0 aliphatic rings. The molecule has 3 rings (SSSR count). The monoisotopic (exact) mass is 331 g/mol. The molecule has 0 N–H and O–H groups in total. The van der Waals surface area contributed by atoms with Crippen LogP contribution in [0.4, 0.5) is 0 Å². The molecule has 0 radical (unpaired) electrons. The first-order valence-corrected chi connectivity index (χ1v) is 8.76. The molecular formula is C22H25N3. The first-order valence-electron chi connectivity index (χ1n) is 8.76. The van der Waals surface area contributed by atoms with E-state index in [-0.39, 0.29) is 5.92 Å². The normalized spacial score (nSPS) is 11.2. The highest BCUT2D eigenvalue weighted by Crippen LogP contribution is 2.27. The van der Waals surface area contributed by atoms with Crippen LogP contribution in [0.25, 0.3) is 22.8 Å². The van der Waals surface area contributed by atoms with E-state index in [1.54, 1.807) is 0 Å². The molecule has 0 fully saturated rings. The van der Waals surface area contributed by atoms with Gasteiger partial charge in [-0.05, 0) is 38.8 Å². The van der Waals surface area contributed by atoms with Crippen molar-refractivity contribution in [2.45, 2.75) is 47.5 Å². The van der Waals surface area contributed by atoms with Crippen molar-refractivity contribution >= 4 is 0 Å². The molecule has 0 unspecified atom stereocenters. The van der Waals surface area contributed by atoms with Crippen molar-refractivity contribution < 1.29 is 0 Å². The molecule has 3 nitrogen and oxygen atoms in total. The van der Waals surface area contributed by atoms with Gasteiger partial charge in [-0.15, -0.1) is 0 Å². The van der Waals surface area contributed by atoms with Crippen LogP contribution in [0.2, 0.25) is 0 Å². The number of nitrogens with zero attached hydrogens (tertiary/aromatic N) is 3. The van der Waals surface area contributed by atoms with Crippen molar-refractivity contribution in [1.29, 1.82) is 0 Å². The summed E-state index contributed by atoms with van der Waals surface area (Å²) in [6.07, 6.45) is 0. The Kier molecular flexibility index (Phi) is 4.67. The third-order valence-electron chi connectivity index (χ3n) is 4.41. The molecule has 0 amide bonds. The van der Waals surface area contributed by atoms with Gasteiger partial charge in [0, 0.05) is 17.0 Å². The molecule has 1 aromatic heterocycles. The zero-order valence-electron chi connectivity index (χ0n) is 15.9. The Balaban J connectivity index is 2.22. The fraction of sp³-hybridized carbons (Fsp3) is 0.318. The van der Waals surface area contributed by atoms with Crippen LogP contribution in [0.5, 0.6) is 0 Å². The van der Waals surface area contributed by atoms with Gasteiger partial charge >= 0.3 is 0 Å². The van der Waals surface area contributed by atoms with E-state index in [1.165, 1.54) is 22.3 Å². The van der Waals surface area contributed by atoms with Gasteiger partial charge < -0.3 is 0 Å². The van der Waals surface area contributed by atoms with Crippen LogP contribution in [0.3, 0.4) is 0 Å². The van der Waals surface area contributed by atoms with Gasteiger partial charge in [-0.1, -0.05) is 61.4 Å². The van der Waals surface area contributed by atoms with E-state index in [9.17, 15) is 0 Å². The lowest BCUT2D eigenvalue weighted by molar-refractivity contribution is 0.765. The molecule has 0 spiro atoms. The van der Waals surface area contributed by atoms with Crippen LogP contribution in [0.15, 0.2) is 36.4 Å². The SMILES string of the molecule is Cc1ccc(-c2nc(-c3ccc(C)cc3C)nc(C(C)C)n2)c(C)c1. The van der Waals surface area contributed by atoms with E-state index < -0.39 is 0 Å². The van der Waals surface area contributed by atoms with Crippen molar-refractivity contribution in [3.8, 4) is 22.8 Å². The van der Waals surface area contributed by atoms with Gasteiger partial charge in [0.05, 0.1) is 0 Å². The van der Waals surface area contributed by atoms with Crippen molar-refractivity contribution in [2.24, 2.45) is 0 Å². The molecule has 128 valence electrons. The second kappa shape index (κ2) is 6.75. The van der Waals surface area contributed by atoms with E-state index in [0.29, 0.717) is 0 Å². The van der Waals surface area contributed by atoms with E-state index in [2.05, 4.69) is 77.9 Å². The lowest BCUT2D eigenvalue weighted by atomic mass is 10.0. The Hall–Kier alpha value is -2.55. The summed E-state index contributed by atoms with van der Waals surface area (Å²) in [5.41, 5.74) is 7.00. The number of hydrogen-bond donors (Lipinski definition) is 0.